The minimum absolute atomic E-state index is 0. The number of hydrogen-bond acceptors (Lipinski definition) is 2. The van der Waals surface area contributed by atoms with Crippen LogP contribution in [-0.2, 0) is 26.2 Å². The van der Waals surface area contributed by atoms with Crippen LogP contribution in [-0.4, -0.2) is 22.3 Å². The number of allylic oxidation sites excluding steroid dienone is 9. The third-order valence-corrected chi connectivity index (χ3v) is 4.38. The number of methoxy groups -OCH3 is 2. The van der Waals surface area contributed by atoms with Gasteiger partial charge in [0.15, 0.2) is 0 Å². The minimum Gasteiger partial charge on any atom is -0.558 e. The second-order valence-corrected chi connectivity index (χ2v) is 11.5. The molecule has 0 unspecified atom stereocenters. The fourth-order valence-electron chi connectivity index (χ4n) is 2.21. The van der Waals surface area contributed by atoms with Gasteiger partial charge in [-0.15, -0.1) is 19.1 Å². The first kappa shape index (κ1) is 26.4. The molecule has 0 bridgehead atoms. The van der Waals surface area contributed by atoms with Crippen LogP contribution in [0.5, 0.6) is 11.5 Å². The predicted octanol–water partition coefficient (Wildman–Crippen LogP) is 5.97. The number of benzene rings is 1. The van der Waals surface area contributed by atoms with Crippen molar-refractivity contribution < 1.29 is 35.7 Å². The summed E-state index contributed by atoms with van der Waals surface area (Å²) in [5, 5.41) is 0. The molecule has 0 aromatic heterocycles. The predicted molar refractivity (Wildman–Crippen MR) is 117 cm³/mol. The van der Waals surface area contributed by atoms with Gasteiger partial charge in [0.1, 0.15) is 0 Å². The van der Waals surface area contributed by atoms with Crippen molar-refractivity contribution in [1.82, 2.24) is 0 Å². The second-order valence-electron chi connectivity index (χ2n) is 6.74. The number of rotatable bonds is 4. The van der Waals surface area contributed by atoms with Gasteiger partial charge in [-0.05, 0) is 13.8 Å². The van der Waals surface area contributed by atoms with E-state index >= 15 is 0 Å². The zero-order valence-corrected chi connectivity index (χ0v) is 21.0. The van der Waals surface area contributed by atoms with Gasteiger partial charge in [-0.25, -0.2) is 24.3 Å². The average Bonchev–Trinajstić information content (AvgIpc) is 3.37. The molecule has 0 saturated carbocycles. The van der Waals surface area contributed by atoms with Crippen molar-refractivity contribution >= 4 is 13.6 Å². The van der Waals surface area contributed by atoms with E-state index in [1.807, 2.05) is 67.7 Å². The Kier molecular flexibility index (Phi) is 13.5. The normalized spacial score (nSPS) is 13.3. The molecule has 1 aromatic carbocycles. The Bertz CT molecular complexity index is 681. The minimum atomic E-state index is -1.37. The first-order valence-corrected chi connectivity index (χ1v) is 12.3. The molecule has 0 saturated heterocycles. The quantitative estimate of drug-likeness (QED) is 0.401. The Labute approximate surface area is 191 Å². The summed E-state index contributed by atoms with van der Waals surface area (Å²) < 4.78 is 10.5. The van der Waals surface area contributed by atoms with Crippen LogP contribution >= 0.6 is 0 Å². The molecule has 4 heteroatoms. The van der Waals surface area contributed by atoms with Crippen LogP contribution in [0.25, 0.3) is 5.57 Å². The van der Waals surface area contributed by atoms with Crippen LogP contribution in [0.4, 0.5) is 0 Å². The SMILES string of the molecule is COc1[c-]c(C(C)=[C-][Si](C)(C)C)c(OC)cc1.[C-]1C=CC=C1.[C-]1C=CC=C1.[Zr+4]. The molecule has 2 aliphatic carbocycles. The summed E-state index contributed by atoms with van der Waals surface area (Å²) >= 11 is 0. The van der Waals surface area contributed by atoms with E-state index in [0.717, 1.165) is 22.6 Å². The third kappa shape index (κ3) is 11.3. The van der Waals surface area contributed by atoms with Gasteiger partial charge in [0.2, 0.25) is 0 Å². The van der Waals surface area contributed by atoms with E-state index in [1.165, 1.54) is 0 Å². The largest absolute Gasteiger partial charge is 4.00 e. The maximum Gasteiger partial charge on any atom is 4.00 e. The molecule has 0 heterocycles. The fourth-order valence-corrected chi connectivity index (χ4v) is 3.46. The standard InChI is InChI=1S/C14H20O2Si.2C5H4.Zr/c1-11(10-17(4,5)6)13-9-12(15-2)7-8-14(13)16-3;2*1-2-4-5-3-1;/h7-8H,1-6H3;2*1-4H;/q-2;2*-1;+4. The second kappa shape index (κ2) is 14.4. The van der Waals surface area contributed by atoms with Crippen molar-refractivity contribution in [2.24, 2.45) is 0 Å². The topological polar surface area (TPSA) is 18.5 Å². The molecule has 0 atom stereocenters. The van der Waals surface area contributed by atoms with Crippen LogP contribution in [0.2, 0.25) is 19.6 Å². The van der Waals surface area contributed by atoms with Gasteiger partial charge in [-0.1, -0.05) is 19.6 Å². The summed E-state index contributed by atoms with van der Waals surface area (Å²) in [5.74, 6) is 1.53. The Morgan fingerprint density at radius 3 is 1.68 bits per heavy atom. The summed E-state index contributed by atoms with van der Waals surface area (Å²) in [4.78, 5) is 0. The van der Waals surface area contributed by atoms with Crippen LogP contribution < -0.4 is 9.47 Å². The first-order chi connectivity index (χ1) is 12.9. The fraction of sp³-hybridized carbons (Fsp3) is 0.250. The smallest absolute Gasteiger partial charge is 0.558 e. The molecule has 0 N–H and O–H groups in total. The molecule has 2 radical (unpaired) electrons. The van der Waals surface area contributed by atoms with Gasteiger partial charge in [-0.2, -0.15) is 43.2 Å². The molecular weight excluding hydrogens is 440 g/mol. The van der Waals surface area contributed by atoms with Gasteiger partial charge in [0.25, 0.3) is 0 Å². The van der Waals surface area contributed by atoms with Crippen LogP contribution in [0.15, 0.2) is 60.7 Å². The maximum absolute atomic E-state index is 5.35. The van der Waals surface area contributed by atoms with Crippen molar-refractivity contribution in [3.63, 3.8) is 0 Å². The molecule has 144 valence electrons. The number of hydrogen-bond donors (Lipinski definition) is 0. The van der Waals surface area contributed by atoms with E-state index < -0.39 is 8.07 Å². The Hall–Kier alpha value is -1.64. The summed E-state index contributed by atoms with van der Waals surface area (Å²) in [6.07, 6.45) is 21.0. The summed E-state index contributed by atoms with van der Waals surface area (Å²) in [6, 6.07) is 6.97. The van der Waals surface area contributed by atoms with Crippen LogP contribution in [0, 0.1) is 24.6 Å². The van der Waals surface area contributed by atoms with Crippen LogP contribution in [0.1, 0.15) is 12.5 Å². The van der Waals surface area contributed by atoms with Gasteiger partial charge in [-0.3, -0.25) is 5.56 Å². The van der Waals surface area contributed by atoms with E-state index in [9.17, 15) is 0 Å². The van der Waals surface area contributed by atoms with Crippen molar-refractivity contribution in [2.45, 2.75) is 26.6 Å². The molecule has 0 fully saturated rings. The number of ether oxygens (including phenoxy) is 2. The van der Waals surface area contributed by atoms with Crippen molar-refractivity contribution in [3.05, 3.63) is 90.9 Å². The van der Waals surface area contributed by atoms with Crippen molar-refractivity contribution in [2.75, 3.05) is 14.2 Å². The van der Waals surface area contributed by atoms with E-state index in [-0.39, 0.29) is 26.2 Å². The van der Waals surface area contributed by atoms with Gasteiger partial charge >= 0.3 is 26.2 Å². The first-order valence-electron chi connectivity index (χ1n) is 8.79. The molecule has 0 amide bonds. The third-order valence-electron chi connectivity index (χ3n) is 3.25. The zero-order chi connectivity index (χ0) is 20.1. The Morgan fingerprint density at radius 1 is 0.857 bits per heavy atom. The molecule has 0 aliphatic heterocycles. The average molecular weight is 468 g/mol. The van der Waals surface area contributed by atoms with Gasteiger partial charge in [0, 0.05) is 5.75 Å². The van der Waals surface area contributed by atoms with Crippen molar-refractivity contribution in [3.8, 4) is 11.5 Å². The van der Waals surface area contributed by atoms with E-state index in [4.69, 9.17) is 9.47 Å². The van der Waals surface area contributed by atoms with Gasteiger partial charge < -0.3 is 20.7 Å². The van der Waals surface area contributed by atoms with E-state index in [1.54, 1.807) is 14.2 Å². The maximum atomic E-state index is 5.35. The van der Waals surface area contributed by atoms with Crippen molar-refractivity contribution in [1.29, 1.82) is 0 Å². The van der Waals surface area contributed by atoms with E-state index in [2.05, 4.69) is 44.2 Å². The van der Waals surface area contributed by atoms with Gasteiger partial charge in [0.05, 0.1) is 14.2 Å². The molecule has 2 aliphatic rings. The Morgan fingerprint density at radius 2 is 1.36 bits per heavy atom. The van der Waals surface area contributed by atoms with Crippen LogP contribution in [0.3, 0.4) is 0 Å². The summed E-state index contributed by atoms with van der Waals surface area (Å²) in [6.45, 7) is 8.81. The summed E-state index contributed by atoms with van der Waals surface area (Å²) in [5.41, 5.74) is 5.57. The molecule has 3 rings (SSSR count). The molecule has 0 spiro atoms. The Balaban J connectivity index is 0.000000535. The molecular formula is C24H28O2SiZr. The summed E-state index contributed by atoms with van der Waals surface area (Å²) in [7, 11) is 1.94. The molecule has 28 heavy (non-hydrogen) atoms. The molecule has 2 nitrogen and oxygen atoms in total. The zero-order valence-electron chi connectivity index (χ0n) is 17.6. The monoisotopic (exact) mass is 466 g/mol. The molecule has 1 aromatic rings. The van der Waals surface area contributed by atoms with E-state index in [0.29, 0.717) is 0 Å².